The highest BCUT2D eigenvalue weighted by Gasteiger charge is 2.84. The van der Waals surface area contributed by atoms with Crippen LogP contribution in [-0.2, 0) is 18.9 Å². The van der Waals surface area contributed by atoms with Crippen LogP contribution < -0.4 is 0 Å². The van der Waals surface area contributed by atoms with Crippen molar-refractivity contribution in [3.63, 3.8) is 0 Å². The third-order valence-corrected chi connectivity index (χ3v) is 17.7. The van der Waals surface area contributed by atoms with Gasteiger partial charge >= 0.3 is 0 Å². The monoisotopic (exact) mass is 699 g/mol. The second kappa shape index (κ2) is 12.9. The lowest BCUT2D eigenvalue weighted by molar-refractivity contribution is -0.248. The molecule has 0 radical (unpaired) electrons. The van der Waals surface area contributed by atoms with E-state index in [1.165, 1.54) is 77.3 Å². The number of hydrogen-bond acceptors (Lipinski definition) is 7. The molecule has 5 saturated carbocycles. The Hall–Kier alpha value is -0.280. The summed E-state index contributed by atoms with van der Waals surface area (Å²) in [6, 6.07) is 1.32. The molecule has 286 valence electrons. The molecule has 5 aliphatic carbocycles. The Kier molecular flexibility index (Phi) is 9.47. The highest BCUT2D eigenvalue weighted by molar-refractivity contribution is 5.32. The molecule has 8 rings (SSSR count). The fraction of sp³-hybridized carbons (Fsp3) is 1.00. The summed E-state index contributed by atoms with van der Waals surface area (Å²) in [4.78, 5) is 5.34. The predicted octanol–water partition coefficient (Wildman–Crippen LogP) is 7.53. The molecule has 8 fully saturated rings. The summed E-state index contributed by atoms with van der Waals surface area (Å²) in [5, 5.41) is 11.0. The van der Waals surface area contributed by atoms with Crippen molar-refractivity contribution < 1.29 is 24.1 Å². The Labute approximate surface area is 305 Å². The standard InChI is InChI=1S/C43H74N2O5/c1-10-47-38(40(7,8)46)33-13-11-31-34(49-33)25-32-30-12-14-35-39(5,6)36(15-18-43(35)28(4)42(30,43)20-19-41(31,32)9)50-37-26-45(23-24-48-37)29-16-21-44(22-17-29)27(2)3/h27-38,46H,10-26H2,1-9H3/t28-,30?,31?,32?,33?,34?,35?,36?,37?,38?,41?,42?,43?/m0/s1. The van der Waals surface area contributed by atoms with Crippen LogP contribution in [0, 0.1) is 51.2 Å². The van der Waals surface area contributed by atoms with Crippen molar-refractivity contribution in [3.05, 3.63) is 0 Å². The maximum absolute atomic E-state index is 11.0. The fourth-order valence-electron chi connectivity index (χ4n) is 15.4. The number of nitrogens with zero attached hydrogens (tertiary/aromatic N) is 2. The van der Waals surface area contributed by atoms with Crippen LogP contribution >= 0.6 is 0 Å². The summed E-state index contributed by atoms with van der Waals surface area (Å²) in [7, 11) is 0. The predicted molar refractivity (Wildman–Crippen MR) is 198 cm³/mol. The number of fused-ring (bicyclic) bond motifs is 4. The second-order valence-electron chi connectivity index (χ2n) is 20.5. The molecule has 3 saturated heterocycles. The Morgan fingerprint density at radius 2 is 1.62 bits per heavy atom. The lowest BCUT2D eigenvalue weighted by atomic mass is 9.46. The topological polar surface area (TPSA) is 63.6 Å². The first-order chi connectivity index (χ1) is 23.7. The van der Waals surface area contributed by atoms with E-state index in [0.29, 0.717) is 47.0 Å². The van der Waals surface area contributed by atoms with E-state index in [4.69, 9.17) is 18.9 Å². The molecule has 0 amide bonds. The van der Waals surface area contributed by atoms with Crippen LogP contribution in [0.4, 0.5) is 0 Å². The molecular weight excluding hydrogens is 624 g/mol. The van der Waals surface area contributed by atoms with E-state index < -0.39 is 5.60 Å². The van der Waals surface area contributed by atoms with E-state index in [1.807, 2.05) is 20.8 Å². The van der Waals surface area contributed by atoms with Gasteiger partial charge in [0.15, 0.2) is 6.29 Å². The van der Waals surface area contributed by atoms with Crippen LogP contribution in [0.25, 0.3) is 0 Å². The molecule has 13 atom stereocenters. The first-order valence-electron chi connectivity index (χ1n) is 21.4. The molecule has 1 N–H and O–H groups in total. The number of piperidine rings is 1. The molecule has 0 aromatic heterocycles. The summed E-state index contributed by atoms with van der Waals surface area (Å²) >= 11 is 0. The number of hydrogen-bond donors (Lipinski definition) is 1. The lowest BCUT2D eigenvalue weighted by Gasteiger charge is -2.60. The van der Waals surface area contributed by atoms with Gasteiger partial charge in [-0.1, -0.05) is 27.7 Å². The zero-order chi connectivity index (χ0) is 35.4. The van der Waals surface area contributed by atoms with Gasteiger partial charge in [-0.05, 0) is 170 Å². The molecule has 7 heteroatoms. The minimum atomic E-state index is -0.899. The summed E-state index contributed by atoms with van der Waals surface area (Å²) in [6.45, 7) is 26.8. The summed E-state index contributed by atoms with van der Waals surface area (Å²) in [5.74, 6) is 3.76. The van der Waals surface area contributed by atoms with Gasteiger partial charge in [0.25, 0.3) is 0 Å². The number of rotatable bonds is 8. The average molecular weight is 699 g/mol. The quantitative estimate of drug-likeness (QED) is 0.281. The maximum Gasteiger partial charge on any atom is 0.170 e. The van der Waals surface area contributed by atoms with Crippen LogP contribution in [0.15, 0.2) is 0 Å². The highest BCUT2D eigenvalue weighted by Crippen LogP contribution is 2.89. The van der Waals surface area contributed by atoms with Gasteiger partial charge in [0.1, 0.15) is 6.10 Å². The first kappa shape index (κ1) is 36.7. The molecule has 3 heterocycles. The Morgan fingerprint density at radius 3 is 2.32 bits per heavy atom. The van der Waals surface area contributed by atoms with Crippen LogP contribution in [-0.4, -0.2) is 103 Å². The SMILES string of the molecule is CCOC(C1CCC2C(CC3C4CCC5C(C)(C)C(OC6CN(C7CCN(C(C)C)CC7)CCO6)CCC56[C@@H](C)C46CCC23C)O1)C(C)(C)O. The molecule has 3 aliphatic heterocycles. The summed E-state index contributed by atoms with van der Waals surface area (Å²) in [6.07, 6.45) is 14.2. The normalized spacial score (nSPS) is 48.7. The van der Waals surface area contributed by atoms with Crippen molar-refractivity contribution in [1.82, 2.24) is 9.80 Å². The van der Waals surface area contributed by atoms with Gasteiger partial charge in [-0.15, -0.1) is 0 Å². The van der Waals surface area contributed by atoms with Crippen molar-refractivity contribution in [3.8, 4) is 0 Å². The number of aliphatic hydroxyl groups is 1. The Morgan fingerprint density at radius 1 is 0.880 bits per heavy atom. The minimum absolute atomic E-state index is 0.00922. The van der Waals surface area contributed by atoms with E-state index >= 15 is 0 Å². The van der Waals surface area contributed by atoms with Gasteiger partial charge in [0, 0.05) is 31.8 Å². The van der Waals surface area contributed by atoms with Crippen molar-refractivity contribution in [2.75, 3.05) is 39.4 Å². The molecule has 7 nitrogen and oxygen atoms in total. The van der Waals surface area contributed by atoms with Crippen LogP contribution in [0.5, 0.6) is 0 Å². The van der Waals surface area contributed by atoms with Gasteiger partial charge in [-0.2, -0.15) is 0 Å². The smallest absolute Gasteiger partial charge is 0.170 e. The first-order valence-corrected chi connectivity index (χ1v) is 21.4. The highest BCUT2D eigenvalue weighted by atomic mass is 16.7. The summed E-state index contributed by atoms with van der Waals surface area (Å²) in [5.41, 5.74) is 0.608. The average Bonchev–Trinajstić information content (AvgIpc) is 3.46. The van der Waals surface area contributed by atoms with Gasteiger partial charge < -0.3 is 29.0 Å². The van der Waals surface area contributed by atoms with E-state index in [-0.39, 0.29) is 30.0 Å². The third-order valence-electron chi connectivity index (χ3n) is 17.7. The van der Waals surface area contributed by atoms with E-state index in [9.17, 15) is 5.11 Å². The van der Waals surface area contributed by atoms with E-state index in [1.54, 1.807) is 0 Å². The third kappa shape index (κ3) is 5.41. The van der Waals surface area contributed by atoms with Gasteiger partial charge in [-0.3, -0.25) is 4.90 Å². The van der Waals surface area contributed by atoms with E-state index in [0.717, 1.165) is 49.8 Å². The number of morpholine rings is 1. The van der Waals surface area contributed by atoms with Gasteiger partial charge in [-0.25, -0.2) is 0 Å². The second-order valence-corrected chi connectivity index (χ2v) is 20.5. The van der Waals surface area contributed by atoms with Gasteiger partial charge in [0.2, 0.25) is 0 Å². The summed E-state index contributed by atoms with van der Waals surface area (Å²) < 4.78 is 26.7. The molecule has 0 aromatic rings. The van der Waals surface area contributed by atoms with Crippen LogP contribution in [0.1, 0.15) is 133 Å². The maximum atomic E-state index is 11.0. The molecular formula is C43H74N2O5. The van der Waals surface area contributed by atoms with Crippen molar-refractivity contribution in [1.29, 1.82) is 0 Å². The van der Waals surface area contributed by atoms with Crippen molar-refractivity contribution >= 4 is 0 Å². The Balaban J connectivity index is 0.945. The fourth-order valence-corrected chi connectivity index (χ4v) is 15.4. The zero-order valence-electron chi connectivity index (χ0n) is 33.4. The lowest BCUT2D eigenvalue weighted by Crippen LogP contribution is -2.57. The van der Waals surface area contributed by atoms with Crippen molar-refractivity contribution in [2.24, 2.45) is 51.2 Å². The Bertz CT molecular complexity index is 1230. The molecule has 50 heavy (non-hydrogen) atoms. The number of likely N-dealkylation sites (tertiary alicyclic amines) is 1. The minimum Gasteiger partial charge on any atom is -0.388 e. The zero-order valence-corrected chi connectivity index (χ0v) is 33.4. The van der Waals surface area contributed by atoms with Gasteiger partial charge in [0.05, 0.1) is 30.5 Å². The molecule has 8 aliphatic rings. The van der Waals surface area contributed by atoms with Crippen LogP contribution in [0.2, 0.25) is 0 Å². The van der Waals surface area contributed by atoms with E-state index in [2.05, 4.69) is 51.3 Å². The molecule has 0 aromatic carbocycles. The molecule has 12 unspecified atom stereocenters. The largest absolute Gasteiger partial charge is 0.388 e. The van der Waals surface area contributed by atoms with Crippen molar-refractivity contribution in [2.45, 2.75) is 181 Å². The van der Waals surface area contributed by atoms with Crippen LogP contribution in [0.3, 0.4) is 0 Å². The number of ether oxygens (including phenoxy) is 4. The molecule has 2 spiro atoms. The molecule has 0 bridgehead atoms.